The van der Waals surface area contributed by atoms with E-state index in [1.807, 2.05) is 24.3 Å². The van der Waals surface area contributed by atoms with E-state index in [0.717, 1.165) is 15.3 Å². The maximum absolute atomic E-state index is 13.3. The minimum atomic E-state index is -3.94. The van der Waals surface area contributed by atoms with Crippen molar-refractivity contribution in [1.29, 1.82) is 0 Å². The number of phenolic OH excluding ortho intramolecular Hbond substituents is 1. The Balaban J connectivity index is 1.33. The first-order valence-electron chi connectivity index (χ1n) is 13.6. The van der Waals surface area contributed by atoms with E-state index in [1.54, 1.807) is 42.7 Å². The summed E-state index contributed by atoms with van der Waals surface area (Å²) in [6.07, 6.45) is 2.73. The number of aliphatic hydroxyl groups is 1. The Hall–Kier alpha value is -4.36. The molecule has 12 heteroatoms. The number of furan rings is 1. The van der Waals surface area contributed by atoms with Crippen molar-refractivity contribution in [2.45, 2.75) is 23.5 Å². The third kappa shape index (κ3) is 6.83. The molecule has 43 heavy (non-hydrogen) atoms. The Labute approximate surface area is 249 Å². The van der Waals surface area contributed by atoms with Gasteiger partial charge in [0, 0.05) is 36.4 Å². The third-order valence-corrected chi connectivity index (χ3v) is 8.95. The van der Waals surface area contributed by atoms with E-state index in [2.05, 4.69) is 5.32 Å². The summed E-state index contributed by atoms with van der Waals surface area (Å²) in [5.74, 6) is -0.520. The Kier molecular flexibility index (Phi) is 9.31. The molecular formula is C31H32N2O9S. The van der Waals surface area contributed by atoms with Gasteiger partial charge in [0.15, 0.2) is 5.76 Å². The van der Waals surface area contributed by atoms with E-state index in [-0.39, 0.29) is 54.3 Å². The first kappa shape index (κ1) is 30.1. The number of carbonyl (C=O) groups excluding carboxylic acids is 1. The van der Waals surface area contributed by atoms with Gasteiger partial charge in [0.2, 0.25) is 16.3 Å². The second kappa shape index (κ2) is 13.3. The zero-order valence-corrected chi connectivity index (χ0v) is 24.2. The average molecular weight is 609 g/mol. The fourth-order valence-corrected chi connectivity index (χ4v) is 6.25. The van der Waals surface area contributed by atoms with Gasteiger partial charge in [-0.15, -0.1) is 0 Å². The lowest BCUT2D eigenvalue weighted by atomic mass is 9.92. The number of rotatable bonds is 12. The van der Waals surface area contributed by atoms with Crippen LogP contribution in [0.5, 0.6) is 11.5 Å². The van der Waals surface area contributed by atoms with E-state index >= 15 is 0 Å². The minimum Gasteiger partial charge on any atom is -0.506 e. The van der Waals surface area contributed by atoms with Crippen molar-refractivity contribution >= 4 is 32.6 Å². The number of methoxy groups -OCH3 is 1. The molecule has 0 fully saturated rings. The van der Waals surface area contributed by atoms with E-state index in [0.29, 0.717) is 17.8 Å². The summed E-state index contributed by atoms with van der Waals surface area (Å²) in [5.41, 5.74) is 1.75. The molecule has 0 bridgehead atoms. The summed E-state index contributed by atoms with van der Waals surface area (Å²) < 4.78 is 50.4. The van der Waals surface area contributed by atoms with Crippen molar-refractivity contribution < 1.29 is 42.1 Å². The van der Waals surface area contributed by atoms with Gasteiger partial charge in [-0.1, -0.05) is 30.3 Å². The van der Waals surface area contributed by atoms with E-state index in [9.17, 15) is 23.4 Å². The first-order chi connectivity index (χ1) is 20.8. The molecule has 0 spiro atoms. The second-order valence-electron chi connectivity index (χ2n) is 9.75. The standard InChI is InChI=1S/C31H32N2O9S/c1-39-22-10-12-23(13-11-22)43(37,38)33(14-16-34)15-17-40-30-19-21(25-20-41-28-9-5-2-6-24(25)28)18-29(42-30)31(36)32-26-7-3-4-8-27(26)35/h2-13,18,20-21,30,34-35H,14-17,19H2,1H3,(H,32,36)/t21-,30+/m1/s1. The summed E-state index contributed by atoms with van der Waals surface area (Å²) in [7, 11) is -2.45. The highest BCUT2D eigenvalue weighted by atomic mass is 32.2. The molecule has 11 nitrogen and oxygen atoms in total. The Bertz CT molecular complexity index is 1700. The molecule has 1 amide bonds. The molecule has 1 aliphatic rings. The number of nitrogens with one attached hydrogen (secondary N) is 1. The van der Waals surface area contributed by atoms with Crippen LogP contribution in [0.15, 0.2) is 100 Å². The summed E-state index contributed by atoms with van der Waals surface area (Å²) in [5, 5.41) is 23.2. The molecular weight excluding hydrogens is 576 g/mol. The number of benzene rings is 3. The number of carbonyl (C=O) groups is 1. The molecule has 4 aromatic rings. The molecule has 0 aliphatic carbocycles. The number of allylic oxidation sites excluding steroid dienone is 1. The molecule has 1 aliphatic heterocycles. The van der Waals surface area contributed by atoms with Gasteiger partial charge in [0.1, 0.15) is 17.1 Å². The first-order valence-corrected chi connectivity index (χ1v) is 15.0. The Morgan fingerprint density at radius 1 is 1.05 bits per heavy atom. The van der Waals surface area contributed by atoms with Crippen molar-refractivity contribution in [3.63, 3.8) is 0 Å². The SMILES string of the molecule is COc1ccc(S(=O)(=O)N(CCO)CCO[C@@H]2C[C@H](c3coc4ccccc34)C=C(C(=O)Nc3ccccc3O)O2)cc1. The molecule has 0 radical (unpaired) electrons. The molecule has 226 valence electrons. The van der Waals surface area contributed by atoms with Gasteiger partial charge < -0.3 is 34.2 Å². The lowest BCUT2D eigenvalue weighted by Crippen LogP contribution is -2.37. The summed E-state index contributed by atoms with van der Waals surface area (Å²) in [6.45, 7) is -0.671. The van der Waals surface area contributed by atoms with Gasteiger partial charge >= 0.3 is 0 Å². The second-order valence-corrected chi connectivity index (χ2v) is 11.7. The number of nitrogens with zero attached hydrogens (tertiary/aromatic N) is 1. The summed E-state index contributed by atoms with van der Waals surface area (Å²) in [6, 6.07) is 19.8. The zero-order valence-electron chi connectivity index (χ0n) is 23.4. The number of phenols is 1. The smallest absolute Gasteiger partial charge is 0.290 e. The highest BCUT2D eigenvalue weighted by molar-refractivity contribution is 7.89. The number of para-hydroxylation sites is 3. The van der Waals surface area contributed by atoms with Crippen LogP contribution >= 0.6 is 0 Å². The number of ether oxygens (including phenoxy) is 3. The molecule has 3 aromatic carbocycles. The van der Waals surface area contributed by atoms with Crippen LogP contribution in [0.2, 0.25) is 0 Å². The van der Waals surface area contributed by atoms with Gasteiger partial charge in [-0.3, -0.25) is 4.79 Å². The number of hydrogen-bond acceptors (Lipinski definition) is 9. The maximum Gasteiger partial charge on any atom is 0.290 e. The zero-order chi connectivity index (χ0) is 30.4. The van der Waals surface area contributed by atoms with Crippen molar-refractivity contribution in [2.75, 3.05) is 38.7 Å². The summed E-state index contributed by atoms with van der Waals surface area (Å²) >= 11 is 0. The van der Waals surface area contributed by atoms with Crippen LogP contribution in [0.1, 0.15) is 17.9 Å². The van der Waals surface area contributed by atoms with Gasteiger partial charge in [-0.2, -0.15) is 4.31 Å². The average Bonchev–Trinajstić information content (AvgIpc) is 3.46. The molecule has 0 saturated carbocycles. The van der Waals surface area contributed by atoms with Crippen LogP contribution in [0.4, 0.5) is 5.69 Å². The van der Waals surface area contributed by atoms with Gasteiger partial charge in [-0.25, -0.2) is 8.42 Å². The third-order valence-electron chi connectivity index (χ3n) is 7.03. The van der Waals surface area contributed by atoms with Crippen LogP contribution in [0, 0.1) is 0 Å². The number of anilines is 1. The topological polar surface area (TPSA) is 148 Å². The molecule has 0 unspecified atom stereocenters. The van der Waals surface area contributed by atoms with Crippen molar-refractivity contribution in [2.24, 2.45) is 0 Å². The fourth-order valence-electron chi connectivity index (χ4n) is 4.83. The molecule has 3 N–H and O–H groups in total. The molecule has 2 heterocycles. The van der Waals surface area contributed by atoms with E-state index < -0.39 is 22.2 Å². The van der Waals surface area contributed by atoms with E-state index in [1.165, 1.54) is 25.3 Å². The highest BCUT2D eigenvalue weighted by Crippen LogP contribution is 2.37. The largest absolute Gasteiger partial charge is 0.506 e. The van der Waals surface area contributed by atoms with Crippen molar-refractivity contribution in [3.8, 4) is 11.5 Å². The Morgan fingerprint density at radius 3 is 2.53 bits per heavy atom. The lowest BCUT2D eigenvalue weighted by molar-refractivity contribution is -0.143. The molecule has 0 saturated heterocycles. The van der Waals surface area contributed by atoms with Gasteiger partial charge in [0.05, 0.1) is 37.2 Å². The predicted octanol–water partition coefficient (Wildman–Crippen LogP) is 4.20. The van der Waals surface area contributed by atoms with Gasteiger partial charge in [0.25, 0.3) is 5.91 Å². The predicted molar refractivity (Wildman–Crippen MR) is 158 cm³/mol. The number of hydrogen-bond donors (Lipinski definition) is 3. The lowest BCUT2D eigenvalue weighted by Gasteiger charge is -2.30. The monoisotopic (exact) mass is 608 g/mol. The van der Waals surface area contributed by atoms with Crippen LogP contribution in [0.3, 0.4) is 0 Å². The maximum atomic E-state index is 13.3. The van der Waals surface area contributed by atoms with Crippen LogP contribution in [-0.4, -0.2) is 68.5 Å². The minimum absolute atomic E-state index is 0.0205. The van der Waals surface area contributed by atoms with Gasteiger partial charge in [-0.05, 0) is 48.5 Å². The number of sulfonamides is 1. The quantitative estimate of drug-likeness (QED) is 0.201. The number of fused-ring (bicyclic) bond motifs is 1. The van der Waals surface area contributed by atoms with E-state index in [4.69, 9.17) is 18.6 Å². The normalized spacial score (nSPS) is 17.0. The molecule has 2 atom stereocenters. The number of amides is 1. The molecule has 1 aromatic heterocycles. The van der Waals surface area contributed by atoms with Crippen molar-refractivity contribution in [1.82, 2.24) is 4.31 Å². The fraction of sp³-hybridized carbons (Fsp3) is 0.258. The number of aromatic hydroxyl groups is 1. The van der Waals surface area contributed by atoms with Crippen LogP contribution < -0.4 is 10.1 Å². The summed E-state index contributed by atoms with van der Waals surface area (Å²) in [4.78, 5) is 13.3. The molecule has 5 rings (SSSR count). The highest BCUT2D eigenvalue weighted by Gasteiger charge is 2.31. The van der Waals surface area contributed by atoms with Crippen LogP contribution in [-0.2, 0) is 24.3 Å². The Morgan fingerprint density at radius 2 is 1.79 bits per heavy atom. The van der Waals surface area contributed by atoms with Crippen LogP contribution in [0.25, 0.3) is 11.0 Å². The number of aliphatic hydroxyl groups excluding tert-OH is 1. The van der Waals surface area contributed by atoms with Crippen molar-refractivity contribution in [3.05, 3.63) is 96.5 Å².